The first-order valence-corrected chi connectivity index (χ1v) is 6.48. The molecular weight excluding hydrogens is 267 g/mol. The minimum atomic E-state index is -0.531. The van der Waals surface area contributed by atoms with Crippen molar-refractivity contribution in [1.82, 2.24) is 9.55 Å². The summed E-state index contributed by atoms with van der Waals surface area (Å²) in [6.07, 6.45) is 0. The lowest BCUT2D eigenvalue weighted by atomic mass is 10.2. The van der Waals surface area contributed by atoms with E-state index in [0.29, 0.717) is 5.39 Å². The maximum Gasteiger partial charge on any atom is 0.329 e. The molecule has 19 heavy (non-hydrogen) atoms. The molecule has 2 aromatic heterocycles. The number of nitrogens with zero attached hydrogens (tertiary/aromatic N) is 1. The van der Waals surface area contributed by atoms with Crippen molar-refractivity contribution in [3.63, 3.8) is 0 Å². The predicted octanol–water partition coefficient (Wildman–Crippen LogP) is 1.94. The molecule has 0 bridgehead atoms. The van der Waals surface area contributed by atoms with Crippen LogP contribution in [0.4, 0.5) is 4.39 Å². The van der Waals surface area contributed by atoms with Crippen molar-refractivity contribution in [2.75, 3.05) is 0 Å². The lowest BCUT2D eigenvalue weighted by molar-refractivity contribution is 0.628. The van der Waals surface area contributed by atoms with Crippen molar-refractivity contribution in [2.45, 2.75) is 6.54 Å². The summed E-state index contributed by atoms with van der Waals surface area (Å²) >= 11 is 1.47. The maximum absolute atomic E-state index is 13.1. The largest absolute Gasteiger partial charge is 0.329 e. The summed E-state index contributed by atoms with van der Waals surface area (Å²) in [6.45, 7) is 0.221. The molecule has 1 aromatic carbocycles. The van der Waals surface area contributed by atoms with Gasteiger partial charge in [0.2, 0.25) is 0 Å². The molecule has 0 saturated heterocycles. The van der Waals surface area contributed by atoms with E-state index in [-0.39, 0.29) is 12.1 Å². The fourth-order valence-corrected chi connectivity index (χ4v) is 2.62. The van der Waals surface area contributed by atoms with Gasteiger partial charge in [0.05, 0.1) is 17.4 Å². The van der Waals surface area contributed by atoms with Gasteiger partial charge < -0.3 is 4.98 Å². The monoisotopic (exact) mass is 276 g/mol. The minimum absolute atomic E-state index is 0.220. The van der Waals surface area contributed by atoms with E-state index in [4.69, 9.17) is 0 Å². The van der Waals surface area contributed by atoms with E-state index in [1.54, 1.807) is 0 Å². The molecule has 0 aliphatic heterocycles. The lowest BCUT2D eigenvalue weighted by Gasteiger charge is -2.05. The quantitative estimate of drug-likeness (QED) is 0.777. The molecule has 3 rings (SSSR count). The minimum Gasteiger partial charge on any atom is -0.307 e. The standard InChI is InChI=1S/C13H9FN2O2S/c14-8-3-4-10-11(6-8)15-13(18)16(12(10)17)7-9-2-1-5-19-9/h1-6H,7H2,(H,15,18). The van der Waals surface area contributed by atoms with Gasteiger partial charge in [-0.05, 0) is 29.6 Å². The normalized spacial score (nSPS) is 11.0. The van der Waals surface area contributed by atoms with Crippen LogP contribution in [0.1, 0.15) is 4.88 Å². The Morgan fingerprint density at radius 3 is 2.84 bits per heavy atom. The summed E-state index contributed by atoms with van der Waals surface area (Å²) in [5.74, 6) is -0.487. The zero-order valence-electron chi connectivity index (χ0n) is 9.72. The summed E-state index contributed by atoms with van der Waals surface area (Å²) in [7, 11) is 0. The Bertz CT molecular complexity index is 849. The Morgan fingerprint density at radius 2 is 2.11 bits per heavy atom. The number of benzene rings is 1. The number of rotatable bonds is 2. The van der Waals surface area contributed by atoms with E-state index < -0.39 is 17.1 Å². The summed E-state index contributed by atoms with van der Waals surface area (Å²) in [4.78, 5) is 27.5. The van der Waals surface area contributed by atoms with Crippen LogP contribution in [-0.2, 0) is 6.54 Å². The highest BCUT2D eigenvalue weighted by atomic mass is 32.1. The predicted molar refractivity (Wildman–Crippen MR) is 72.2 cm³/mol. The molecule has 0 atom stereocenters. The average Bonchev–Trinajstić information content (AvgIpc) is 2.87. The number of hydrogen-bond donors (Lipinski definition) is 1. The third kappa shape index (κ3) is 2.10. The van der Waals surface area contributed by atoms with Crippen LogP contribution in [0.25, 0.3) is 10.9 Å². The Kier molecular flexibility index (Phi) is 2.79. The van der Waals surface area contributed by atoms with Crippen LogP contribution >= 0.6 is 11.3 Å². The number of aromatic amines is 1. The van der Waals surface area contributed by atoms with E-state index in [0.717, 1.165) is 15.5 Å². The molecule has 0 aliphatic rings. The fraction of sp³-hybridized carbons (Fsp3) is 0.0769. The van der Waals surface area contributed by atoms with Gasteiger partial charge in [0.25, 0.3) is 5.56 Å². The number of fused-ring (bicyclic) bond motifs is 1. The van der Waals surface area contributed by atoms with Crippen LogP contribution in [0.5, 0.6) is 0 Å². The fourth-order valence-electron chi connectivity index (χ4n) is 1.93. The number of aromatic nitrogens is 2. The molecular formula is C13H9FN2O2S. The van der Waals surface area contributed by atoms with Crippen LogP contribution in [0, 0.1) is 5.82 Å². The average molecular weight is 276 g/mol. The van der Waals surface area contributed by atoms with Gasteiger partial charge in [0.1, 0.15) is 5.82 Å². The first-order chi connectivity index (χ1) is 9.15. The third-order valence-corrected chi connectivity index (χ3v) is 3.70. The molecule has 0 amide bonds. The van der Waals surface area contributed by atoms with Crippen LogP contribution in [0.3, 0.4) is 0 Å². The first kappa shape index (κ1) is 11.9. The Labute approximate surface area is 110 Å². The Morgan fingerprint density at radius 1 is 1.26 bits per heavy atom. The van der Waals surface area contributed by atoms with E-state index in [1.165, 1.54) is 23.5 Å². The van der Waals surface area contributed by atoms with Gasteiger partial charge in [-0.25, -0.2) is 9.18 Å². The highest BCUT2D eigenvalue weighted by Crippen LogP contribution is 2.10. The summed E-state index contributed by atoms with van der Waals surface area (Å²) in [6, 6.07) is 7.44. The van der Waals surface area contributed by atoms with Crippen molar-refractivity contribution >= 4 is 22.2 Å². The Hall–Kier alpha value is -2.21. The molecule has 0 radical (unpaired) electrons. The first-order valence-electron chi connectivity index (χ1n) is 5.60. The highest BCUT2D eigenvalue weighted by molar-refractivity contribution is 7.09. The van der Waals surface area contributed by atoms with Gasteiger partial charge in [-0.1, -0.05) is 6.07 Å². The molecule has 3 aromatic rings. The van der Waals surface area contributed by atoms with Gasteiger partial charge in [-0.2, -0.15) is 0 Å². The van der Waals surface area contributed by atoms with Crippen LogP contribution in [0.15, 0.2) is 45.3 Å². The number of halogens is 1. The Balaban J connectivity index is 2.23. The van der Waals surface area contributed by atoms with Crippen molar-refractivity contribution in [3.8, 4) is 0 Å². The van der Waals surface area contributed by atoms with Gasteiger partial charge >= 0.3 is 5.69 Å². The number of nitrogens with one attached hydrogen (secondary N) is 1. The third-order valence-electron chi connectivity index (χ3n) is 2.84. The van der Waals surface area contributed by atoms with E-state index in [9.17, 15) is 14.0 Å². The number of hydrogen-bond acceptors (Lipinski definition) is 3. The molecule has 0 spiro atoms. The maximum atomic E-state index is 13.1. The van der Waals surface area contributed by atoms with Gasteiger partial charge in [0.15, 0.2) is 0 Å². The van der Waals surface area contributed by atoms with Crippen LogP contribution in [0.2, 0.25) is 0 Å². The van der Waals surface area contributed by atoms with Crippen LogP contribution < -0.4 is 11.2 Å². The molecule has 6 heteroatoms. The summed E-state index contributed by atoms with van der Waals surface area (Å²) < 4.78 is 14.2. The molecule has 0 fully saturated rings. The van der Waals surface area contributed by atoms with Gasteiger partial charge in [0, 0.05) is 4.88 Å². The zero-order valence-corrected chi connectivity index (χ0v) is 10.5. The van der Waals surface area contributed by atoms with Gasteiger partial charge in [-0.3, -0.25) is 9.36 Å². The second kappa shape index (κ2) is 4.47. The summed E-state index contributed by atoms with van der Waals surface area (Å²) in [5, 5.41) is 2.18. The van der Waals surface area contributed by atoms with Crippen molar-refractivity contribution in [1.29, 1.82) is 0 Å². The van der Waals surface area contributed by atoms with Crippen molar-refractivity contribution < 1.29 is 4.39 Å². The molecule has 96 valence electrons. The molecule has 0 unspecified atom stereocenters. The summed E-state index contributed by atoms with van der Waals surface area (Å²) in [5.41, 5.74) is -0.721. The SMILES string of the molecule is O=c1[nH]c2cc(F)ccc2c(=O)n1Cc1cccs1. The highest BCUT2D eigenvalue weighted by Gasteiger charge is 2.09. The van der Waals surface area contributed by atoms with Crippen LogP contribution in [-0.4, -0.2) is 9.55 Å². The lowest BCUT2D eigenvalue weighted by Crippen LogP contribution is -2.35. The topological polar surface area (TPSA) is 54.9 Å². The smallest absolute Gasteiger partial charge is 0.307 e. The van der Waals surface area contributed by atoms with Crippen molar-refractivity contribution in [3.05, 3.63) is 67.2 Å². The van der Waals surface area contributed by atoms with E-state index in [1.807, 2.05) is 17.5 Å². The molecule has 1 N–H and O–H groups in total. The zero-order chi connectivity index (χ0) is 13.4. The molecule has 4 nitrogen and oxygen atoms in total. The second-order valence-corrected chi connectivity index (χ2v) is 5.12. The number of thiophene rings is 1. The molecule has 0 saturated carbocycles. The second-order valence-electron chi connectivity index (χ2n) is 4.09. The van der Waals surface area contributed by atoms with Gasteiger partial charge in [-0.15, -0.1) is 11.3 Å². The van der Waals surface area contributed by atoms with E-state index >= 15 is 0 Å². The van der Waals surface area contributed by atoms with E-state index in [2.05, 4.69) is 4.98 Å². The molecule has 2 heterocycles. The van der Waals surface area contributed by atoms with Crippen molar-refractivity contribution in [2.24, 2.45) is 0 Å². The molecule has 0 aliphatic carbocycles. The number of H-pyrrole nitrogens is 1.